The quantitative estimate of drug-likeness (QED) is 0.675. The topological polar surface area (TPSA) is 63.2 Å². The van der Waals surface area contributed by atoms with E-state index in [4.69, 9.17) is 14.4 Å². The predicted molar refractivity (Wildman–Crippen MR) is 70.7 cm³/mol. The number of benzene rings is 1. The molecule has 5 heteroatoms. The van der Waals surface area contributed by atoms with Crippen molar-refractivity contribution in [3.63, 3.8) is 0 Å². The van der Waals surface area contributed by atoms with Gasteiger partial charge >= 0.3 is 0 Å². The van der Waals surface area contributed by atoms with Crippen LogP contribution >= 0.6 is 11.3 Å². The number of furan rings is 1. The molecular weight excluding hydrogens is 262 g/mol. The maximum absolute atomic E-state index is 10.6. The van der Waals surface area contributed by atoms with Crippen LogP contribution in [0.1, 0.15) is 15.4 Å². The molecule has 0 radical (unpaired) electrons. The molecule has 0 saturated heterocycles. The maximum Gasteiger partial charge on any atom is 0.247 e. The van der Waals surface area contributed by atoms with E-state index in [1.165, 1.54) is 11.3 Å². The first-order chi connectivity index (χ1) is 9.31. The standard InChI is InChI=1S/C14H7NO3S/c15-7-12-14(10-3-1-2-4-11(10)17-12)18-13-6-5-9(8-16)19-13/h1-6,8H. The van der Waals surface area contributed by atoms with Gasteiger partial charge in [0.25, 0.3) is 0 Å². The fourth-order valence-corrected chi connectivity index (χ4v) is 2.43. The average Bonchev–Trinajstić information content (AvgIpc) is 3.04. The lowest BCUT2D eigenvalue weighted by atomic mass is 10.2. The molecule has 0 atom stereocenters. The lowest BCUT2D eigenvalue weighted by Gasteiger charge is -1.99. The van der Waals surface area contributed by atoms with Crippen molar-refractivity contribution in [1.82, 2.24) is 0 Å². The Morgan fingerprint density at radius 1 is 1.26 bits per heavy atom. The highest BCUT2D eigenvalue weighted by molar-refractivity contribution is 7.15. The number of para-hydroxylation sites is 1. The van der Waals surface area contributed by atoms with Crippen LogP contribution in [0.4, 0.5) is 0 Å². The summed E-state index contributed by atoms with van der Waals surface area (Å²) in [6, 6.07) is 12.6. The molecule has 0 saturated carbocycles. The first kappa shape index (κ1) is 11.5. The number of rotatable bonds is 3. The summed E-state index contributed by atoms with van der Waals surface area (Å²) in [4.78, 5) is 11.2. The minimum atomic E-state index is 0.127. The number of ether oxygens (including phenoxy) is 1. The van der Waals surface area contributed by atoms with Gasteiger partial charge in [-0.1, -0.05) is 23.5 Å². The molecule has 0 N–H and O–H groups in total. The predicted octanol–water partition coefficient (Wildman–Crippen LogP) is 3.97. The van der Waals surface area contributed by atoms with Gasteiger partial charge in [0, 0.05) is 0 Å². The van der Waals surface area contributed by atoms with Gasteiger partial charge in [-0.3, -0.25) is 4.79 Å². The van der Waals surface area contributed by atoms with Gasteiger partial charge in [0.05, 0.1) is 10.3 Å². The molecule has 1 aromatic carbocycles. The Morgan fingerprint density at radius 2 is 2.11 bits per heavy atom. The van der Waals surface area contributed by atoms with Crippen LogP contribution in [0, 0.1) is 11.3 Å². The maximum atomic E-state index is 10.6. The molecule has 0 aliphatic carbocycles. The van der Waals surface area contributed by atoms with Gasteiger partial charge in [0.1, 0.15) is 11.7 Å². The van der Waals surface area contributed by atoms with Crippen LogP contribution in [0.5, 0.6) is 10.8 Å². The van der Waals surface area contributed by atoms with Gasteiger partial charge in [0.15, 0.2) is 17.1 Å². The zero-order valence-corrected chi connectivity index (χ0v) is 10.4. The van der Waals surface area contributed by atoms with Crippen molar-refractivity contribution in [2.75, 3.05) is 0 Å². The van der Waals surface area contributed by atoms with E-state index in [1.54, 1.807) is 18.2 Å². The average molecular weight is 269 g/mol. The van der Waals surface area contributed by atoms with Gasteiger partial charge in [-0.25, -0.2) is 0 Å². The largest absolute Gasteiger partial charge is 0.442 e. The molecule has 0 bridgehead atoms. The first-order valence-corrected chi connectivity index (χ1v) is 6.28. The highest BCUT2D eigenvalue weighted by atomic mass is 32.1. The Bertz CT molecular complexity index is 794. The minimum absolute atomic E-state index is 0.127. The molecule has 2 heterocycles. The number of nitrogens with zero attached hydrogens (tertiary/aromatic N) is 1. The van der Waals surface area contributed by atoms with Crippen LogP contribution in [0.25, 0.3) is 11.0 Å². The van der Waals surface area contributed by atoms with Crippen molar-refractivity contribution < 1.29 is 13.9 Å². The molecule has 3 aromatic rings. The van der Waals surface area contributed by atoms with E-state index < -0.39 is 0 Å². The van der Waals surface area contributed by atoms with Crippen LogP contribution in [-0.4, -0.2) is 6.29 Å². The first-order valence-electron chi connectivity index (χ1n) is 5.46. The lowest BCUT2D eigenvalue weighted by molar-refractivity contribution is 0.112. The van der Waals surface area contributed by atoms with E-state index in [1.807, 2.05) is 24.3 Å². The number of thiophene rings is 1. The number of fused-ring (bicyclic) bond motifs is 1. The molecule has 3 rings (SSSR count). The Kier molecular flexibility index (Phi) is 2.78. The molecule has 19 heavy (non-hydrogen) atoms. The summed E-state index contributed by atoms with van der Waals surface area (Å²) >= 11 is 1.22. The summed E-state index contributed by atoms with van der Waals surface area (Å²) in [7, 11) is 0. The van der Waals surface area contributed by atoms with E-state index in [9.17, 15) is 4.79 Å². The molecule has 0 amide bonds. The number of carbonyl (C=O) groups excluding carboxylic acids is 1. The van der Waals surface area contributed by atoms with Gasteiger partial charge < -0.3 is 9.15 Å². The van der Waals surface area contributed by atoms with Crippen molar-refractivity contribution in [1.29, 1.82) is 5.26 Å². The number of nitriles is 1. The molecule has 4 nitrogen and oxygen atoms in total. The van der Waals surface area contributed by atoms with E-state index in [2.05, 4.69) is 0 Å². The van der Waals surface area contributed by atoms with Crippen molar-refractivity contribution in [3.8, 4) is 16.9 Å². The number of hydrogen-bond acceptors (Lipinski definition) is 5. The summed E-state index contributed by atoms with van der Waals surface area (Å²) in [6.45, 7) is 0. The van der Waals surface area contributed by atoms with E-state index in [-0.39, 0.29) is 5.76 Å². The SMILES string of the molecule is N#Cc1oc2ccccc2c1Oc1ccc(C=O)s1. The molecule has 2 aromatic heterocycles. The lowest BCUT2D eigenvalue weighted by Crippen LogP contribution is -1.81. The second-order valence-corrected chi connectivity index (χ2v) is 4.82. The molecule has 92 valence electrons. The zero-order valence-electron chi connectivity index (χ0n) is 9.62. The zero-order chi connectivity index (χ0) is 13.2. The molecular formula is C14H7NO3S. The van der Waals surface area contributed by atoms with Crippen LogP contribution in [0.2, 0.25) is 0 Å². The summed E-state index contributed by atoms with van der Waals surface area (Å²) < 4.78 is 11.1. The highest BCUT2D eigenvalue weighted by Crippen LogP contribution is 2.37. The second-order valence-electron chi connectivity index (χ2n) is 3.74. The number of aldehydes is 1. The van der Waals surface area contributed by atoms with Crippen LogP contribution in [0.15, 0.2) is 40.8 Å². The third-order valence-electron chi connectivity index (χ3n) is 2.57. The third-order valence-corrected chi connectivity index (χ3v) is 3.46. The molecule has 0 spiro atoms. The molecule has 0 fully saturated rings. The van der Waals surface area contributed by atoms with E-state index >= 15 is 0 Å². The van der Waals surface area contributed by atoms with E-state index in [0.717, 1.165) is 11.7 Å². The van der Waals surface area contributed by atoms with Gasteiger partial charge in [-0.2, -0.15) is 5.26 Å². The monoisotopic (exact) mass is 269 g/mol. The second kappa shape index (κ2) is 4.59. The summed E-state index contributed by atoms with van der Waals surface area (Å²) in [5, 5.41) is 10.4. The highest BCUT2D eigenvalue weighted by Gasteiger charge is 2.16. The van der Waals surface area contributed by atoms with Crippen molar-refractivity contribution in [2.24, 2.45) is 0 Å². The molecule has 0 aliphatic rings. The van der Waals surface area contributed by atoms with Crippen molar-refractivity contribution >= 4 is 28.6 Å². The van der Waals surface area contributed by atoms with Crippen molar-refractivity contribution in [3.05, 3.63) is 47.0 Å². The Morgan fingerprint density at radius 3 is 2.84 bits per heavy atom. The minimum Gasteiger partial charge on any atom is -0.442 e. The van der Waals surface area contributed by atoms with Crippen molar-refractivity contribution in [2.45, 2.75) is 0 Å². The van der Waals surface area contributed by atoms with Crippen LogP contribution in [0.3, 0.4) is 0 Å². The summed E-state index contributed by atoms with van der Waals surface area (Å²) in [5.74, 6) is 0.514. The summed E-state index contributed by atoms with van der Waals surface area (Å²) in [6.07, 6.45) is 0.760. The normalized spacial score (nSPS) is 10.3. The molecule has 0 unspecified atom stereocenters. The van der Waals surface area contributed by atoms with Gasteiger partial charge in [-0.05, 0) is 24.3 Å². The van der Waals surface area contributed by atoms with Gasteiger partial charge in [-0.15, -0.1) is 0 Å². The molecule has 0 aliphatic heterocycles. The Labute approximate surface area is 112 Å². The smallest absolute Gasteiger partial charge is 0.247 e. The van der Waals surface area contributed by atoms with E-state index in [0.29, 0.717) is 21.3 Å². The van der Waals surface area contributed by atoms with Crippen LogP contribution in [-0.2, 0) is 0 Å². The third kappa shape index (κ3) is 1.98. The fourth-order valence-electron chi connectivity index (χ4n) is 1.75. The van der Waals surface area contributed by atoms with Crippen LogP contribution < -0.4 is 4.74 Å². The fraction of sp³-hybridized carbons (Fsp3) is 0. The van der Waals surface area contributed by atoms with Gasteiger partial charge in [0.2, 0.25) is 5.76 Å². The Balaban J connectivity index is 2.08. The Hall–Kier alpha value is -2.58. The number of carbonyl (C=O) groups is 1. The number of hydrogen-bond donors (Lipinski definition) is 0. The summed E-state index contributed by atoms with van der Waals surface area (Å²) in [5.41, 5.74) is 0.598.